The van der Waals surface area contributed by atoms with Crippen molar-refractivity contribution in [2.75, 3.05) is 0 Å². The standard InChI is InChI=1S/C62H37NO2/c64-63(65)58-34-14-7-17-41(58)38-35-39(42-24-15-32-56-59(42)48-22-5-12-30-54(48)61(56)50-26-8-1-18-44(50)45-19-2-9-27-51(45)61)37-40(36-38)43-25-16-33-57-60(43)49-23-6-13-31-55(49)62(57)52-28-10-3-20-46(52)47-21-4-11-29-53(47)62/h1-37H. The van der Waals surface area contributed by atoms with Crippen molar-refractivity contribution in [2.45, 2.75) is 10.8 Å². The van der Waals surface area contributed by atoms with E-state index in [-0.39, 0.29) is 10.6 Å². The number of hydrogen-bond acceptors (Lipinski definition) is 2. The lowest BCUT2D eigenvalue weighted by molar-refractivity contribution is -0.384. The first-order valence-electron chi connectivity index (χ1n) is 22.4. The van der Waals surface area contributed by atoms with Gasteiger partial charge in [0.25, 0.3) is 5.69 Å². The maximum Gasteiger partial charge on any atom is 0.277 e. The van der Waals surface area contributed by atoms with Crippen LogP contribution in [-0.2, 0) is 10.8 Å². The van der Waals surface area contributed by atoms with E-state index in [1.807, 2.05) is 12.1 Å². The Morgan fingerprint density at radius 3 is 0.908 bits per heavy atom. The van der Waals surface area contributed by atoms with Crippen molar-refractivity contribution in [1.29, 1.82) is 0 Å². The van der Waals surface area contributed by atoms with Crippen LogP contribution in [0, 0.1) is 10.1 Å². The van der Waals surface area contributed by atoms with Gasteiger partial charge in [-0.2, -0.15) is 0 Å². The third-order valence-electron chi connectivity index (χ3n) is 15.0. The van der Waals surface area contributed by atoms with Crippen LogP contribution in [0.25, 0.3) is 77.9 Å². The van der Waals surface area contributed by atoms with Crippen molar-refractivity contribution in [3.63, 3.8) is 0 Å². The summed E-state index contributed by atoms with van der Waals surface area (Å²) in [5.74, 6) is 0. The molecule has 0 unspecified atom stereocenters. The minimum atomic E-state index is -0.500. The number of benzene rings is 10. The van der Waals surface area contributed by atoms with Crippen LogP contribution in [0.3, 0.4) is 0 Å². The van der Waals surface area contributed by atoms with Gasteiger partial charge in [-0.25, -0.2) is 0 Å². The second-order valence-electron chi connectivity index (χ2n) is 17.8. The van der Waals surface area contributed by atoms with Gasteiger partial charge in [-0.3, -0.25) is 10.1 Å². The van der Waals surface area contributed by atoms with Crippen molar-refractivity contribution < 1.29 is 4.92 Å². The SMILES string of the molecule is O=[N+]([O-])c1ccccc1-c1cc(-c2cccc3c2-c2ccccc2C32c3ccccc3-c3ccccc32)cc(-c2cccc3c2-c2ccccc2C32c3ccccc3-c3ccccc32)c1. The zero-order valence-corrected chi connectivity index (χ0v) is 35.1. The minimum absolute atomic E-state index is 0.0825. The van der Waals surface area contributed by atoms with Gasteiger partial charge < -0.3 is 0 Å². The van der Waals surface area contributed by atoms with E-state index in [9.17, 15) is 10.1 Å². The molecule has 10 aromatic carbocycles. The fourth-order valence-corrected chi connectivity index (χ4v) is 12.7. The van der Waals surface area contributed by atoms with E-state index >= 15 is 0 Å². The molecule has 0 amide bonds. The Bertz CT molecular complexity index is 3420. The molecular formula is C62H37NO2. The molecule has 3 nitrogen and oxygen atoms in total. The summed E-state index contributed by atoms with van der Waals surface area (Å²) in [5.41, 5.74) is 24.8. The Labute approximate surface area is 376 Å². The summed E-state index contributed by atoms with van der Waals surface area (Å²) in [4.78, 5) is 12.5. The van der Waals surface area contributed by atoms with E-state index < -0.39 is 10.8 Å². The molecular weight excluding hydrogens is 791 g/mol. The molecule has 0 bridgehead atoms. The molecule has 0 saturated carbocycles. The van der Waals surface area contributed by atoms with Gasteiger partial charge in [0.2, 0.25) is 0 Å². The number of para-hydroxylation sites is 1. The summed E-state index contributed by atoms with van der Waals surface area (Å²) in [6.45, 7) is 0. The van der Waals surface area contributed by atoms with E-state index in [0.717, 1.165) is 27.8 Å². The van der Waals surface area contributed by atoms with E-state index in [1.54, 1.807) is 12.1 Å². The first kappa shape index (κ1) is 36.1. The van der Waals surface area contributed by atoms with Crippen LogP contribution < -0.4 is 0 Å². The monoisotopic (exact) mass is 827 g/mol. The summed E-state index contributed by atoms with van der Waals surface area (Å²) in [5, 5.41) is 12.8. The first-order chi connectivity index (χ1) is 32.1. The Balaban J connectivity index is 1.07. The largest absolute Gasteiger partial charge is 0.277 e. The summed E-state index contributed by atoms with van der Waals surface area (Å²) in [6, 6.07) is 80.8. The zero-order valence-electron chi connectivity index (χ0n) is 35.1. The topological polar surface area (TPSA) is 43.1 Å². The van der Waals surface area contributed by atoms with Crippen molar-refractivity contribution in [2.24, 2.45) is 0 Å². The maximum absolute atomic E-state index is 12.8. The predicted molar refractivity (Wildman–Crippen MR) is 262 cm³/mol. The van der Waals surface area contributed by atoms with Crippen LogP contribution in [0.15, 0.2) is 224 Å². The van der Waals surface area contributed by atoms with E-state index in [1.165, 1.54) is 89.0 Å². The number of nitro groups is 1. The van der Waals surface area contributed by atoms with Crippen LogP contribution in [0.1, 0.15) is 44.5 Å². The predicted octanol–water partition coefficient (Wildman–Crippen LogP) is 15.3. The fourth-order valence-electron chi connectivity index (χ4n) is 12.7. The quantitative estimate of drug-likeness (QED) is 0.131. The lowest BCUT2D eigenvalue weighted by Crippen LogP contribution is -2.25. The third kappa shape index (κ3) is 4.49. The highest BCUT2D eigenvalue weighted by atomic mass is 16.6. The molecule has 0 aromatic heterocycles. The lowest BCUT2D eigenvalue weighted by Gasteiger charge is -2.30. The molecule has 0 aliphatic heterocycles. The molecule has 0 heterocycles. The van der Waals surface area contributed by atoms with Gasteiger partial charge in [0, 0.05) is 6.07 Å². The number of nitrogens with zero attached hydrogens (tertiary/aromatic N) is 1. The average Bonchev–Trinajstić information content (AvgIpc) is 4.05. The summed E-state index contributed by atoms with van der Waals surface area (Å²) in [6.07, 6.45) is 0. The van der Waals surface area contributed by atoms with Gasteiger partial charge in [0.1, 0.15) is 0 Å². The molecule has 0 radical (unpaired) electrons. The van der Waals surface area contributed by atoms with Gasteiger partial charge in [0.05, 0.1) is 21.3 Å². The van der Waals surface area contributed by atoms with Crippen molar-refractivity contribution in [3.05, 3.63) is 279 Å². The van der Waals surface area contributed by atoms with E-state index in [2.05, 4.69) is 200 Å². The number of hydrogen-bond donors (Lipinski definition) is 0. The van der Waals surface area contributed by atoms with Crippen molar-refractivity contribution in [1.82, 2.24) is 0 Å². The second kappa shape index (κ2) is 13.1. The molecule has 3 heteroatoms. The molecule has 302 valence electrons. The molecule has 0 atom stereocenters. The smallest absolute Gasteiger partial charge is 0.258 e. The van der Waals surface area contributed by atoms with Gasteiger partial charge >= 0.3 is 0 Å². The molecule has 65 heavy (non-hydrogen) atoms. The van der Waals surface area contributed by atoms with Crippen LogP contribution in [0.4, 0.5) is 5.69 Å². The van der Waals surface area contributed by atoms with Gasteiger partial charge in [-0.1, -0.05) is 194 Å². The molecule has 0 fully saturated rings. The Morgan fingerprint density at radius 1 is 0.277 bits per heavy atom. The molecule has 0 N–H and O–H groups in total. The fraction of sp³-hybridized carbons (Fsp3) is 0.0323. The van der Waals surface area contributed by atoms with Crippen molar-refractivity contribution >= 4 is 5.69 Å². The second-order valence-corrected chi connectivity index (χ2v) is 17.8. The highest BCUT2D eigenvalue weighted by molar-refractivity contribution is 6.03. The van der Waals surface area contributed by atoms with Crippen LogP contribution in [0.2, 0.25) is 0 Å². The molecule has 4 aliphatic rings. The highest BCUT2D eigenvalue weighted by Crippen LogP contribution is 2.66. The Kier molecular flexibility index (Phi) is 7.26. The summed E-state index contributed by atoms with van der Waals surface area (Å²) >= 11 is 0. The third-order valence-corrected chi connectivity index (χ3v) is 15.0. The van der Waals surface area contributed by atoms with Crippen molar-refractivity contribution in [3.8, 4) is 77.9 Å². The van der Waals surface area contributed by atoms with Crippen LogP contribution >= 0.6 is 0 Å². The van der Waals surface area contributed by atoms with Gasteiger partial charge in [-0.05, 0) is 141 Å². The lowest BCUT2D eigenvalue weighted by atomic mass is 9.70. The maximum atomic E-state index is 12.8. The molecule has 0 saturated heterocycles. The minimum Gasteiger partial charge on any atom is -0.258 e. The van der Waals surface area contributed by atoms with Crippen LogP contribution in [0.5, 0.6) is 0 Å². The average molecular weight is 828 g/mol. The summed E-state index contributed by atoms with van der Waals surface area (Å²) in [7, 11) is 0. The molecule has 10 aromatic rings. The number of fused-ring (bicyclic) bond motifs is 20. The molecule has 2 spiro atoms. The number of rotatable bonds is 4. The zero-order chi connectivity index (χ0) is 43.0. The first-order valence-corrected chi connectivity index (χ1v) is 22.4. The normalized spacial score (nSPS) is 14.2. The van der Waals surface area contributed by atoms with Gasteiger partial charge in [-0.15, -0.1) is 0 Å². The molecule has 14 rings (SSSR count). The Morgan fingerprint density at radius 2 is 0.538 bits per heavy atom. The Hall–Kier alpha value is -8.40. The van der Waals surface area contributed by atoms with E-state index in [4.69, 9.17) is 0 Å². The number of nitro benzene ring substituents is 1. The molecule has 4 aliphatic carbocycles. The van der Waals surface area contributed by atoms with Crippen LogP contribution in [-0.4, -0.2) is 4.92 Å². The van der Waals surface area contributed by atoms with E-state index in [0.29, 0.717) is 5.56 Å². The highest BCUT2D eigenvalue weighted by Gasteiger charge is 2.53. The summed E-state index contributed by atoms with van der Waals surface area (Å²) < 4.78 is 0. The van der Waals surface area contributed by atoms with Gasteiger partial charge in [0.15, 0.2) is 0 Å².